The molecule has 0 fully saturated rings. The molecular weight excluding hydrogens is 328 g/mol. The van der Waals surface area contributed by atoms with Gasteiger partial charge in [0.05, 0.1) is 6.54 Å². The zero-order valence-corrected chi connectivity index (χ0v) is 14.4. The van der Waals surface area contributed by atoms with E-state index < -0.39 is 5.60 Å². The Hall–Kier alpha value is -2.38. The Morgan fingerprint density at radius 2 is 1.96 bits per heavy atom. The van der Waals surface area contributed by atoms with Crippen LogP contribution in [0, 0.1) is 13.8 Å². The Bertz CT molecular complexity index is 859. The topological polar surface area (TPSA) is 88.5 Å². The molecule has 24 heavy (non-hydrogen) atoms. The van der Waals surface area contributed by atoms with Gasteiger partial charge < -0.3 is 19.3 Å². The van der Waals surface area contributed by atoms with Gasteiger partial charge in [-0.1, -0.05) is 0 Å². The van der Waals surface area contributed by atoms with Crippen molar-refractivity contribution in [3.8, 4) is 10.8 Å². The summed E-state index contributed by atoms with van der Waals surface area (Å²) in [5.74, 6) is 2.18. The Kier molecular flexibility index (Phi) is 4.29. The maximum Gasteiger partial charge on any atom is 0.270 e. The number of carbonyl (C=O) groups excluding carboxylic acids is 1. The molecule has 3 heterocycles. The van der Waals surface area contributed by atoms with Crippen LogP contribution in [0.1, 0.15) is 34.7 Å². The van der Waals surface area contributed by atoms with Crippen molar-refractivity contribution in [3.05, 3.63) is 52.6 Å². The quantitative estimate of drug-likeness (QED) is 0.740. The molecule has 3 rings (SSSR count). The Balaban J connectivity index is 1.66. The minimum Gasteiger partial charge on any atom is -0.463 e. The highest BCUT2D eigenvalue weighted by Gasteiger charge is 2.28. The standard InChI is InChI=1S/C17H18N2O4S/c1-10-4-6-13(22-10)16-19-12(8-24-16)15(20)18-9-17(3,21)14-7-5-11(2)23-14/h4-8,21H,9H2,1-3H3,(H,18,20). The van der Waals surface area contributed by atoms with E-state index in [1.54, 1.807) is 31.4 Å². The SMILES string of the molecule is Cc1ccc(-c2nc(C(=O)NCC(C)(O)c3ccc(C)o3)cs2)o1. The molecule has 6 nitrogen and oxygen atoms in total. The molecule has 3 aromatic rings. The molecule has 0 aliphatic heterocycles. The number of rotatable bonds is 5. The van der Waals surface area contributed by atoms with Gasteiger partial charge in [-0.05, 0) is 45.0 Å². The third-order valence-corrected chi connectivity index (χ3v) is 4.41. The molecule has 1 amide bonds. The zero-order chi connectivity index (χ0) is 17.3. The second-order valence-electron chi connectivity index (χ2n) is 5.82. The molecule has 0 radical (unpaired) electrons. The molecule has 0 saturated carbocycles. The van der Waals surface area contributed by atoms with Crippen molar-refractivity contribution < 1.29 is 18.7 Å². The monoisotopic (exact) mass is 346 g/mol. The number of carbonyl (C=O) groups is 1. The summed E-state index contributed by atoms with van der Waals surface area (Å²) in [6.07, 6.45) is 0. The minimum atomic E-state index is -1.29. The highest BCUT2D eigenvalue weighted by Crippen LogP contribution is 2.26. The number of amides is 1. The van der Waals surface area contributed by atoms with E-state index in [2.05, 4.69) is 10.3 Å². The molecule has 0 saturated heterocycles. The normalized spacial score (nSPS) is 13.7. The average molecular weight is 346 g/mol. The van der Waals surface area contributed by atoms with Crippen molar-refractivity contribution in [2.45, 2.75) is 26.4 Å². The molecule has 7 heteroatoms. The second kappa shape index (κ2) is 6.26. The number of aryl methyl sites for hydroxylation is 2. The summed E-state index contributed by atoms with van der Waals surface area (Å²) in [7, 11) is 0. The van der Waals surface area contributed by atoms with Crippen LogP contribution in [0.3, 0.4) is 0 Å². The van der Waals surface area contributed by atoms with Crippen LogP contribution in [0.2, 0.25) is 0 Å². The highest BCUT2D eigenvalue weighted by atomic mass is 32.1. The largest absolute Gasteiger partial charge is 0.463 e. The van der Waals surface area contributed by atoms with Gasteiger partial charge in [-0.3, -0.25) is 4.79 Å². The van der Waals surface area contributed by atoms with Crippen molar-refractivity contribution >= 4 is 17.2 Å². The maximum atomic E-state index is 12.2. The maximum absolute atomic E-state index is 12.2. The summed E-state index contributed by atoms with van der Waals surface area (Å²) in [5, 5.41) is 15.4. The number of furan rings is 2. The Labute approximate surface area is 143 Å². The van der Waals surface area contributed by atoms with Crippen LogP contribution in [0.25, 0.3) is 10.8 Å². The third kappa shape index (κ3) is 3.42. The lowest BCUT2D eigenvalue weighted by atomic mass is 10.0. The first-order valence-corrected chi connectivity index (χ1v) is 8.33. The zero-order valence-electron chi connectivity index (χ0n) is 13.6. The number of nitrogens with zero attached hydrogens (tertiary/aromatic N) is 1. The summed E-state index contributed by atoms with van der Waals surface area (Å²) >= 11 is 1.33. The van der Waals surface area contributed by atoms with E-state index in [4.69, 9.17) is 8.83 Å². The molecule has 2 N–H and O–H groups in total. The van der Waals surface area contributed by atoms with Crippen molar-refractivity contribution in [2.75, 3.05) is 6.54 Å². The smallest absolute Gasteiger partial charge is 0.270 e. The number of aromatic nitrogens is 1. The van der Waals surface area contributed by atoms with Crippen molar-refractivity contribution in [1.29, 1.82) is 0 Å². The van der Waals surface area contributed by atoms with Gasteiger partial charge in [0.15, 0.2) is 10.8 Å². The van der Waals surface area contributed by atoms with Crippen molar-refractivity contribution in [2.24, 2.45) is 0 Å². The minimum absolute atomic E-state index is 0.0194. The van der Waals surface area contributed by atoms with Crippen LogP contribution in [-0.2, 0) is 5.60 Å². The summed E-state index contributed by atoms with van der Waals surface area (Å²) < 4.78 is 10.9. The highest BCUT2D eigenvalue weighted by molar-refractivity contribution is 7.13. The molecule has 0 bridgehead atoms. The molecule has 0 spiro atoms. The van der Waals surface area contributed by atoms with E-state index in [0.29, 0.717) is 22.3 Å². The van der Waals surface area contributed by atoms with Crippen molar-refractivity contribution in [3.63, 3.8) is 0 Å². The van der Waals surface area contributed by atoms with Crippen LogP contribution in [0.15, 0.2) is 38.5 Å². The van der Waals surface area contributed by atoms with E-state index in [9.17, 15) is 9.90 Å². The van der Waals surface area contributed by atoms with Crippen LogP contribution < -0.4 is 5.32 Å². The molecule has 0 aliphatic rings. The van der Waals surface area contributed by atoms with E-state index in [1.807, 2.05) is 19.1 Å². The van der Waals surface area contributed by atoms with E-state index in [-0.39, 0.29) is 18.1 Å². The first-order chi connectivity index (χ1) is 11.3. The summed E-state index contributed by atoms with van der Waals surface area (Å²) in [6, 6.07) is 7.13. The lowest BCUT2D eigenvalue weighted by molar-refractivity contribution is 0.0323. The van der Waals surface area contributed by atoms with Crippen LogP contribution in [0.5, 0.6) is 0 Å². The third-order valence-electron chi connectivity index (χ3n) is 3.55. The Morgan fingerprint density at radius 1 is 1.25 bits per heavy atom. The summed E-state index contributed by atoms with van der Waals surface area (Å²) in [6.45, 7) is 5.25. The molecular formula is C17H18N2O4S. The van der Waals surface area contributed by atoms with E-state index in [0.717, 1.165) is 5.76 Å². The fourth-order valence-corrected chi connectivity index (χ4v) is 2.95. The Morgan fingerprint density at radius 3 is 2.58 bits per heavy atom. The van der Waals surface area contributed by atoms with Gasteiger partial charge in [0, 0.05) is 5.38 Å². The predicted octanol–water partition coefficient (Wildman–Crippen LogP) is 3.25. The van der Waals surface area contributed by atoms with E-state index >= 15 is 0 Å². The summed E-state index contributed by atoms with van der Waals surface area (Å²) in [5.41, 5.74) is -1.00. The van der Waals surface area contributed by atoms with Crippen LogP contribution in [0.4, 0.5) is 0 Å². The van der Waals surface area contributed by atoms with Gasteiger partial charge in [0.2, 0.25) is 0 Å². The molecule has 0 aliphatic carbocycles. The van der Waals surface area contributed by atoms with Crippen LogP contribution >= 0.6 is 11.3 Å². The fraction of sp³-hybridized carbons (Fsp3) is 0.294. The number of thiazole rings is 1. The molecule has 1 atom stereocenters. The molecule has 3 aromatic heterocycles. The molecule has 126 valence electrons. The van der Waals surface area contributed by atoms with Gasteiger partial charge >= 0.3 is 0 Å². The molecule has 1 unspecified atom stereocenters. The summed E-state index contributed by atoms with van der Waals surface area (Å²) in [4.78, 5) is 16.5. The lowest BCUT2D eigenvalue weighted by Gasteiger charge is -2.20. The van der Waals surface area contributed by atoms with Gasteiger partial charge in [-0.2, -0.15) is 0 Å². The van der Waals surface area contributed by atoms with Gasteiger partial charge in [0.25, 0.3) is 5.91 Å². The fourth-order valence-electron chi connectivity index (χ4n) is 2.19. The predicted molar refractivity (Wildman–Crippen MR) is 89.9 cm³/mol. The van der Waals surface area contributed by atoms with Crippen LogP contribution in [-0.4, -0.2) is 22.5 Å². The first kappa shape index (κ1) is 16.5. The number of hydrogen-bond donors (Lipinski definition) is 2. The van der Waals surface area contributed by atoms with Gasteiger partial charge in [-0.15, -0.1) is 11.3 Å². The number of hydrogen-bond acceptors (Lipinski definition) is 6. The average Bonchev–Trinajstić information content (AvgIpc) is 3.24. The number of nitrogens with one attached hydrogen (secondary N) is 1. The van der Waals surface area contributed by atoms with Gasteiger partial charge in [-0.25, -0.2) is 4.98 Å². The molecule has 0 aromatic carbocycles. The van der Waals surface area contributed by atoms with Gasteiger partial charge in [0.1, 0.15) is 28.6 Å². The lowest BCUT2D eigenvalue weighted by Crippen LogP contribution is -2.38. The van der Waals surface area contributed by atoms with Crippen molar-refractivity contribution in [1.82, 2.24) is 10.3 Å². The van der Waals surface area contributed by atoms with E-state index in [1.165, 1.54) is 11.3 Å². The first-order valence-electron chi connectivity index (χ1n) is 7.45. The second-order valence-corrected chi connectivity index (χ2v) is 6.67. The number of aliphatic hydroxyl groups is 1.